The van der Waals surface area contributed by atoms with Crippen LogP contribution in [0.5, 0.6) is 11.5 Å². The predicted molar refractivity (Wildman–Crippen MR) is 123 cm³/mol. The third-order valence-corrected chi connectivity index (χ3v) is 5.68. The lowest BCUT2D eigenvalue weighted by molar-refractivity contribution is -0.143. The lowest BCUT2D eigenvalue weighted by atomic mass is 10.0. The van der Waals surface area contributed by atoms with Gasteiger partial charge >= 0.3 is 22.1 Å². The molecule has 2 aromatic rings. The zero-order valence-corrected chi connectivity index (χ0v) is 19.7. The summed E-state index contributed by atoms with van der Waals surface area (Å²) in [6.45, 7) is 7.48. The summed E-state index contributed by atoms with van der Waals surface area (Å²) in [4.78, 5) is 24.0. The number of esters is 2. The van der Waals surface area contributed by atoms with E-state index in [4.69, 9.17) is 8.92 Å². The average Bonchev–Trinajstić information content (AvgIpc) is 2.79. The molecule has 0 saturated heterocycles. The zero-order chi connectivity index (χ0) is 24.6. The Hall–Kier alpha value is -3.59. The van der Waals surface area contributed by atoms with Gasteiger partial charge in [-0.2, -0.15) is 8.42 Å². The van der Waals surface area contributed by atoms with Crippen LogP contribution in [-0.4, -0.2) is 41.2 Å². The molecule has 2 aromatic carbocycles. The molecule has 0 N–H and O–H groups in total. The number of allylic oxidation sites excluding steroid dienone is 1. The van der Waals surface area contributed by atoms with Crippen LogP contribution in [0.1, 0.15) is 23.6 Å². The topological polar surface area (TPSA) is 105 Å². The van der Waals surface area contributed by atoms with Gasteiger partial charge < -0.3 is 18.4 Å². The van der Waals surface area contributed by atoms with Crippen LogP contribution in [0, 0.1) is 6.92 Å². The van der Waals surface area contributed by atoms with Crippen LogP contribution in [0.25, 0.3) is 6.08 Å². The molecule has 9 heteroatoms. The Morgan fingerprint density at radius 2 is 1.64 bits per heavy atom. The van der Waals surface area contributed by atoms with E-state index in [-0.39, 0.29) is 35.0 Å². The second-order valence-corrected chi connectivity index (χ2v) is 8.37. The van der Waals surface area contributed by atoms with Gasteiger partial charge in [0, 0.05) is 5.56 Å². The minimum atomic E-state index is -4.16. The SMILES string of the molecule is C=CCc1cc(C=C(C(=O)OC)C(=O)OC)cc(OCC)c1OS(=O)(=O)c1ccc(C)cc1. The molecule has 0 aliphatic heterocycles. The average molecular weight is 475 g/mol. The summed E-state index contributed by atoms with van der Waals surface area (Å²) in [6.07, 6.45) is 3.06. The third kappa shape index (κ3) is 6.45. The van der Waals surface area contributed by atoms with Crippen LogP contribution >= 0.6 is 0 Å². The first-order valence-corrected chi connectivity index (χ1v) is 11.4. The molecule has 0 atom stereocenters. The Labute approximate surface area is 193 Å². The van der Waals surface area contributed by atoms with E-state index in [1.807, 2.05) is 6.92 Å². The summed E-state index contributed by atoms with van der Waals surface area (Å²) < 4.78 is 46.2. The fraction of sp³-hybridized carbons (Fsp3) is 0.250. The van der Waals surface area contributed by atoms with Crippen molar-refractivity contribution < 1.29 is 36.4 Å². The molecule has 0 unspecified atom stereocenters. The summed E-state index contributed by atoms with van der Waals surface area (Å²) in [5, 5.41) is 0. The minimum Gasteiger partial charge on any atom is -0.490 e. The van der Waals surface area contributed by atoms with E-state index in [2.05, 4.69) is 16.1 Å². The molecule has 0 aliphatic rings. The molecular weight excluding hydrogens is 448 g/mol. The van der Waals surface area contributed by atoms with Crippen LogP contribution in [0.2, 0.25) is 0 Å². The van der Waals surface area contributed by atoms with Crippen molar-refractivity contribution in [1.29, 1.82) is 0 Å². The zero-order valence-electron chi connectivity index (χ0n) is 18.9. The maximum Gasteiger partial charge on any atom is 0.345 e. The van der Waals surface area contributed by atoms with Gasteiger partial charge in [0.05, 0.1) is 20.8 Å². The summed E-state index contributed by atoms with van der Waals surface area (Å²) in [5.74, 6) is -1.65. The van der Waals surface area contributed by atoms with Gasteiger partial charge in [-0.25, -0.2) is 9.59 Å². The van der Waals surface area contributed by atoms with Crippen LogP contribution in [-0.2, 0) is 35.6 Å². The van der Waals surface area contributed by atoms with E-state index in [0.29, 0.717) is 11.1 Å². The van der Waals surface area contributed by atoms with Gasteiger partial charge in [-0.15, -0.1) is 6.58 Å². The van der Waals surface area contributed by atoms with Crippen molar-refractivity contribution in [3.05, 3.63) is 71.3 Å². The molecule has 0 spiro atoms. The highest BCUT2D eigenvalue weighted by atomic mass is 32.2. The third-order valence-electron chi connectivity index (χ3n) is 4.44. The smallest absolute Gasteiger partial charge is 0.345 e. The Bertz CT molecular complexity index is 1140. The van der Waals surface area contributed by atoms with E-state index in [9.17, 15) is 18.0 Å². The van der Waals surface area contributed by atoms with Gasteiger partial charge in [0.1, 0.15) is 10.5 Å². The quantitative estimate of drug-likeness (QED) is 0.128. The molecule has 176 valence electrons. The Morgan fingerprint density at radius 3 is 2.15 bits per heavy atom. The van der Waals surface area contributed by atoms with Crippen LogP contribution in [0.3, 0.4) is 0 Å². The van der Waals surface area contributed by atoms with E-state index >= 15 is 0 Å². The van der Waals surface area contributed by atoms with Crippen molar-refractivity contribution >= 4 is 28.1 Å². The predicted octanol–water partition coefficient (Wildman–Crippen LogP) is 3.62. The Balaban J connectivity index is 2.65. The Morgan fingerprint density at radius 1 is 1.03 bits per heavy atom. The Kier molecular flexibility index (Phi) is 8.81. The van der Waals surface area contributed by atoms with E-state index in [0.717, 1.165) is 19.8 Å². The van der Waals surface area contributed by atoms with Crippen molar-refractivity contribution in [2.24, 2.45) is 0 Å². The first-order valence-electron chi connectivity index (χ1n) is 9.96. The monoisotopic (exact) mass is 474 g/mol. The maximum atomic E-state index is 12.9. The van der Waals surface area contributed by atoms with Crippen molar-refractivity contribution in [3.8, 4) is 11.5 Å². The number of carbonyl (C=O) groups excluding carboxylic acids is 2. The molecule has 0 amide bonds. The highest BCUT2D eigenvalue weighted by Gasteiger charge is 2.24. The number of carbonyl (C=O) groups is 2. The molecule has 0 aliphatic carbocycles. The highest BCUT2D eigenvalue weighted by Crippen LogP contribution is 2.37. The number of hydrogen-bond donors (Lipinski definition) is 0. The lowest BCUT2D eigenvalue weighted by Crippen LogP contribution is -2.16. The maximum absolute atomic E-state index is 12.9. The molecular formula is C24H26O8S. The lowest BCUT2D eigenvalue weighted by Gasteiger charge is -2.17. The number of aryl methyl sites for hydroxylation is 1. The second kappa shape index (κ2) is 11.3. The molecule has 33 heavy (non-hydrogen) atoms. The highest BCUT2D eigenvalue weighted by molar-refractivity contribution is 7.87. The number of benzene rings is 2. The summed E-state index contributed by atoms with van der Waals surface area (Å²) in [6, 6.07) is 9.26. The van der Waals surface area contributed by atoms with Crippen LogP contribution < -0.4 is 8.92 Å². The number of methoxy groups -OCH3 is 2. The van der Waals surface area contributed by atoms with Crippen LogP contribution in [0.4, 0.5) is 0 Å². The van der Waals surface area contributed by atoms with Crippen molar-refractivity contribution in [3.63, 3.8) is 0 Å². The summed E-state index contributed by atoms with van der Waals surface area (Å²) in [7, 11) is -1.88. The van der Waals surface area contributed by atoms with E-state index < -0.39 is 22.1 Å². The van der Waals surface area contributed by atoms with Crippen molar-refractivity contribution in [2.45, 2.75) is 25.2 Å². The van der Waals surface area contributed by atoms with Gasteiger partial charge in [0.15, 0.2) is 11.5 Å². The first kappa shape index (κ1) is 25.7. The molecule has 0 fully saturated rings. The molecule has 0 bridgehead atoms. The molecule has 0 heterocycles. The van der Waals surface area contributed by atoms with Crippen LogP contribution in [0.15, 0.2) is 59.5 Å². The molecule has 0 radical (unpaired) electrons. The fourth-order valence-corrected chi connectivity index (χ4v) is 3.86. The van der Waals surface area contributed by atoms with Crippen molar-refractivity contribution in [2.75, 3.05) is 20.8 Å². The van der Waals surface area contributed by atoms with Gasteiger partial charge in [-0.3, -0.25) is 0 Å². The fourth-order valence-electron chi connectivity index (χ4n) is 2.88. The number of ether oxygens (including phenoxy) is 3. The minimum absolute atomic E-state index is 0.00726. The van der Waals surface area contributed by atoms with E-state index in [1.165, 1.54) is 24.3 Å². The van der Waals surface area contributed by atoms with Gasteiger partial charge in [-0.1, -0.05) is 23.8 Å². The van der Waals surface area contributed by atoms with Gasteiger partial charge in [0.25, 0.3) is 0 Å². The standard InChI is InChI=1S/C24H26O8S/c1-6-8-18-13-17(14-20(23(25)29-4)24(26)30-5)15-21(31-7-2)22(18)32-33(27,28)19-11-9-16(3)10-12-19/h6,9-15H,1,7-8H2,2-5H3. The molecule has 2 rings (SSSR count). The van der Waals surface area contributed by atoms with E-state index in [1.54, 1.807) is 31.2 Å². The molecule has 0 aromatic heterocycles. The summed E-state index contributed by atoms with van der Waals surface area (Å²) >= 11 is 0. The van der Waals surface area contributed by atoms with Crippen molar-refractivity contribution in [1.82, 2.24) is 0 Å². The summed E-state index contributed by atoms with van der Waals surface area (Å²) in [5.41, 5.74) is 1.36. The van der Waals surface area contributed by atoms with Gasteiger partial charge in [0.2, 0.25) is 0 Å². The number of rotatable bonds is 10. The number of hydrogen-bond acceptors (Lipinski definition) is 8. The second-order valence-electron chi connectivity index (χ2n) is 6.82. The molecule has 8 nitrogen and oxygen atoms in total. The first-order chi connectivity index (χ1) is 15.7. The normalized spacial score (nSPS) is 10.7. The van der Waals surface area contributed by atoms with Gasteiger partial charge in [-0.05, 0) is 56.2 Å². The largest absolute Gasteiger partial charge is 0.490 e. The molecule has 0 saturated carbocycles.